The first-order valence-electron chi connectivity index (χ1n) is 6.38. The fraction of sp³-hybridized carbons (Fsp3) is 0.143. The molecule has 2 aromatic heterocycles. The Morgan fingerprint density at radius 3 is 2.82 bits per heavy atom. The van der Waals surface area contributed by atoms with Gasteiger partial charge in [-0.25, -0.2) is 13.4 Å². The van der Waals surface area contributed by atoms with Crippen LogP contribution in [-0.2, 0) is 16.6 Å². The molecule has 3 aromatic rings. The normalized spacial score (nSPS) is 11.7. The second kappa shape index (κ2) is 5.64. The number of fused-ring (bicyclic) bond motifs is 1. The van der Waals surface area contributed by atoms with E-state index in [1.807, 2.05) is 18.2 Å². The molecule has 0 unspecified atom stereocenters. The molecule has 0 atom stereocenters. The number of aliphatic hydroxyl groups is 1. The summed E-state index contributed by atoms with van der Waals surface area (Å²) in [5, 5.41) is 9.91. The van der Waals surface area contributed by atoms with E-state index >= 15 is 0 Å². The highest BCUT2D eigenvalue weighted by Crippen LogP contribution is 2.31. The van der Waals surface area contributed by atoms with Crippen LogP contribution in [-0.4, -0.2) is 29.7 Å². The van der Waals surface area contributed by atoms with Gasteiger partial charge in [-0.3, -0.25) is 9.71 Å². The number of thiazole rings is 1. The highest BCUT2D eigenvalue weighted by atomic mass is 32.2. The van der Waals surface area contributed by atoms with E-state index in [0.29, 0.717) is 5.69 Å². The molecule has 2 N–H and O–H groups in total. The van der Waals surface area contributed by atoms with Crippen molar-refractivity contribution in [2.75, 3.05) is 11.0 Å². The predicted molar refractivity (Wildman–Crippen MR) is 87.2 cm³/mol. The fourth-order valence-corrected chi connectivity index (χ4v) is 3.49. The summed E-state index contributed by atoms with van der Waals surface area (Å²) in [6.07, 6.45) is 4.17. The zero-order valence-electron chi connectivity index (χ0n) is 11.6. The van der Waals surface area contributed by atoms with Gasteiger partial charge in [-0.15, -0.1) is 11.3 Å². The van der Waals surface area contributed by atoms with Crippen LogP contribution in [0, 0.1) is 0 Å². The largest absolute Gasteiger partial charge is 0.392 e. The van der Waals surface area contributed by atoms with Gasteiger partial charge in [-0.2, -0.15) is 0 Å². The van der Waals surface area contributed by atoms with E-state index in [4.69, 9.17) is 5.11 Å². The number of rotatable bonds is 4. The third-order valence-electron chi connectivity index (χ3n) is 2.92. The summed E-state index contributed by atoms with van der Waals surface area (Å²) in [6.45, 7) is -0.0296. The Labute approximate surface area is 131 Å². The fourth-order valence-electron chi connectivity index (χ4n) is 2.02. The average molecular weight is 335 g/mol. The van der Waals surface area contributed by atoms with E-state index in [2.05, 4.69) is 14.7 Å². The Morgan fingerprint density at radius 2 is 2.09 bits per heavy atom. The Balaban J connectivity index is 2.02. The number of aromatic nitrogens is 2. The van der Waals surface area contributed by atoms with Crippen molar-refractivity contribution in [1.82, 2.24) is 9.97 Å². The molecule has 0 radical (unpaired) electrons. The van der Waals surface area contributed by atoms with Crippen LogP contribution in [0.3, 0.4) is 0 Å². The number of pyridine rings is 1. The lowest BCUT2D eigenvalue weighted by Gasteiger charge is -2.04. The molecule has 6 nitrogen and oxygen atoms in total. The van der Waals surface area contributed by atoms with Crippen molar-refractivity contribution in [2.45, 2.75) is 6.61 Å². The first-order chi connectivity index (χ1) is 10.4. The van der Waals surface area contributed by atoms with Crippen molar-refractivity contribution in [1.29, 1.82) is 0 Å². The minimum atomic E-state index is -3.34. The molecule has 0 spiro atoms. The summed E-state index contributed by atoms with van der Waals surface area (Å²) in [5.74, 6) is 0. The zero-order valence-corrected chi connectivity index (χ0v) is 13.3. The zero-order chi connectivity index (χ0) is 15.7. The molecule has 0 aliphatic rings. The quantitative estimate of drug-likeness (QED) is 0.763. The van der Waals surface area contributed by atoms with Gasteiger partial charge in [0.25, 0.3) is 0 Å². The van der Waals surface area contributed by atoms with Crippen molar-refractivity contribution in [3.8, 4) is 10.6 Å². The lowest BCUT2D eigenvalue weighted by Crippen LogP contribution is -2.09. The summed E-state index contributed by atoms with van der Waals surface area (Å²) < 4.78 is 26.0. The molecule has 0 aliphatic heterocycles. The maximum absolute atomic E-state index is 11.3. The summed E-state index contributed by atoms with van der Waals surface area (Å²) in [6, 6.07) is 7.29. The van der Waals surface area contributed by atoms with Gasteiger partial charge in [-0.1, -0.05) is 6.07 Å². The van der Waals surface area contributed by atoms with E-state index < -0.39 is 10.0 Å². The second-order valence-corrected chi connectivity index (χ2v) is 7.59. The number of aliphatic hydroxyl groups excluding tert-OH is 1. The van der Waals surface area contributed by atoms with E-state index in [1.165, 1.54) is 17.5 Å². The first-order valence-corrected chi connectivity index (χ1v) is 9.09. The molecule has 0 amide bonds. The molecule has 2 heterocycles. The lowest BCUT2D eigenvalue weighted by molar-refractivity contribution is 0.282. The van der Waals surface area contributed by atoms with Gasteiger partial charge in [0, 0.05) is 11.8 Å². The highest BCUT2D eigenvalue weighted by molar-refractivity contribution is 7.92. The van der Waals surface area contributed by atoms with Crippen LogP contribution in [0.5, 0.6) is 0 Å². The van der Waals surface area contributed by atoms with Crippen LogP contribution in [0.1, 0.15) is 5.56 Å². The van der Waals surface area contributed by atoms with Crippen LogP contribution in [0.4, 0.5) is 5.69 Å². The highest BCUT2D eigenvalue weighted by Gasteiger charge is 2.09. The minimum absolute atomic E-state index is 0.0296. The van der Waals surface area contributed by atoms with Gasteiger partial charge in [0.2, 0.25) is 10.0 Å². The predicted octanol–water partition coefficient (Wildman–Crippen LogP) is 2.22. The number of hydrogen-bond acceptors (Lipinski definition) is 6. The number of nitrogens with one attached hydrogen (secondary N) is 1. The van der Waals surface area contributed by atoms with Gasteiger partial charge >= 0.3 is 0 Å². The summed E-state index contributed by atoms with van der Waals surface area (Å²) in [5.41, 5.74) is 2.73. The van der Waals surface area contributed by atoms with Crippen molar-refractivity contribution >= 4 is 37.3 Å². The van der Waals surface area contributed by atoms with Crippen molar-refractivity contribution in [3.63, 3.8) is 0 Å². The molecular formula is C14H13N3O3S2. The summed E-state index contributed by atoms with van der Waals surface area (Å²) in [7, 11) is -3.34. The molecule has 0 aliphatic carbocycles. The summed E-state index contributed by atoms with van der Waals surface area (Å²) >= 11 is 1.49. The molecule has 0 saturated carbocycles. The number of nitrogens with zero attached hydrogens (tertiary/aromatic N) is 2. The molecule has 0 saturated heterocycles. The van der Waals surface area contributed by atoms with E-state index in [1.54, 1.807) is 12.3 Å². The smallest absolute Gasteiger partial charge is 0.229 e. The van der Waals surface area contributed by atoms with Crippen LogP contribution in [0.25, 0.3) is 20.8 Å². The van der Waals surface area contributed by atoms with Crippen LogP contribution in [0.15, 0.2) is 36.7 Å². The number of hydrogen-bond donors (Lipinski definition) is 2. The van der Waals surface area contributed by atoms with Crippen molar-refractivity contribution < 1.29 is 13.5 Å². The second-order valence-electron chi connectivity index (χ2n) is 4.82. The Kier molecular flexibility index (Phi) is 3.81. The molecular weight excluding hydrogens is 322 g/mol. The van der Waals surface area contributed by atoms with E-state index in [0.717, 1.165) is 32.6 Å². The van der Waals surface area contributed by atoms with Gasteiger partial charge < -0.3 is 5.11 Å². The molecule has 0 bridgehead atoms. The topological polar surface area (TPSA) is 92.2 Å². The average Bonchev–Trinajstić information content (AvgIpc) is 2.88. The maximum atomic E-state index is 11.3. The third-order valence-corrected chi connectivity index (χ3v) is 4.61. The van der Waals surface area contributed by atoms with Gasteiger partial charge in [0.1, 0.15) is 5.01 Å². The molecule has 8 heteroatoms. The van der Waals surface area contributed by atoms with E-state index in [-0.39, 0.29) is 6.61 Å². The molecule has 0 fully saturated rings. The maximum Gasteiger partial charge on any atom is 0.229 e. The number of benzene rings is 1. The molecule has 114 valence electrons. The molecule has 3 rings (SSSR count). The Morgan fingerprint density at radius 1 is 1.27 bits per heavy atom. The number of anilines is 1. The molecule has 1 aromatic carbocycles. The Bertz CT molecular complexity index is 935. The van der Waals surface area contributed by atoms with E-state index in [9.17, 15) is 8.42 Å². The van der Waals surface area contributed by atoms with Gasteiger partial charge in [-0.05, 0) is 23.8 Å². The first kappa shape index (κ1) is 14.9. The van der Waals surface area contributed by atoms with Crippen LogP contribution in [0.2, 0.25) is 0 Å². The molecule has 22 heavy (non-hydrogen) atoms. The van der Waals surface area contributed by atoms with Crippen LogP contribution >= 0.6 is 11.3 Å². The minimum Gasteiger partial charge on any atom is -0.392 e. The lowest BCUT2D eigenvalue weighted by atomic mass is 10.2. The summed E-state index contributed by atoms with van der Waals surface area (Å²) in [4.78, 5) is 8.57. The van der Waals surface area contributed by atoms with Gasteiger partial charge in [0.15, 0.2) is 0 Å². The standard InChI is InChI=1S/C14H13N3O3S2/c1-22(19,20)17-11-5-10(6-15-7-11)14-16-12-4-9(8-18)2-3-13(12)21-14/h2-7,17-18H,8H2,1H3. The van der Waals surface area contributed by atoms with Gasteiger partial charge in [0.05, 0.1) is 35.0 Å². The SMILES string of the molecule is CS(=O)(=O)Nc1cncc(-c2nc3cc(CO)ccc3s2)c1. The Hall–Kier alpha value is -2.03. The van der Waals surface area contributed by atoms with Crippen LogP contribution < -0.4 is 4.72 Å². The van der Waals surface area contributed by atoms with Crippen molar-refractivity contribution in [2.24, 2.45) is 0 Å². The number of sulfonamides is 1. The third kappa shape index (κ3) is 3.24. The monoisotopic (exact) mass is 335 g/mol. The van der Waals surface area contributed by atoms with Crippen molar-refractivity contribution in [3.05, 3.63) is 42.2 Å².